The molecule has 2 heteroatoms. The van der Waals surface area contributed by atoms with Gasteiger partial charge in [-0.2, -0.15) is 0 Å². The Kier molecular flexibility index (Phi) is 4.24. The third-order valence-corrected chi connectivity index (χ3v) is 3.86. The molecule has 120 valence electrons. The quantitative estimate of drug-likeness (QED) is 0.530. The first kappa shape index (κ1) is 11.7. The summed E-state index contributed by atoms with van der Waals surface area (Å²) in [6.45, 7) is 5.55. The van der Waals surface area contributed by atoms with Gasteiger partial charge in [0.2, 0.25) is 0 Å². The molecule has 0 aliphatic heterocycles. The molecule has 0 bridgehead atoms. The number of rotatable bonds is 5. The van der Waals surface area contributed by atoms with Crippen molar-refractivity contribution in [2.45, 2.75) is 53.8 Å². The van der Waals surface area contributed by atoms with Gasteiger partial charge in [0.1, 0.15) is 0 Å². The van der Waals surface area contributed by atoms with Crippen molar-refractivity contribution >= 4 is 5.97 Å². The van der Waals surface area contributed by atoms with Gasteiger partial charge in [-0.1, -0.05) is 55.3 Å². The van der Waals surface area contributed by atoms with E-state index in [4.69, 9.17) is 12.0 Å². The van der Waals surface area contributed by atoms with Crippen molar-refractivity contribution < 1.29 is 16.8 Å². The van der Waals surface area contributed by atoms with Crippen molar-refractivity contribution in [2.75, 3.05) is 0 Å². The summed E-state index contributed by atoms with van der Waals surface area (Å²) in [5, 5.41) is 8.91. The lowest BCUT2D eigenvalue weighted by atomic mass is 9.72. The van der Waals surface area contributed by atoms with Crippen molar-refractivity contribution in [1.29, 1.82) is 0 Å². The molecule has 0 saturated carbocycles. The molecule has 0 amide bonds. The third-order valence-electron chi connectivity index (χ3n) is 3.86. The van der Waals surface area contributed by atoms with Crippen molar-refractivity contribution in [3.05, 3.63) is 58.7 Å². The highest BCUT2D eigenvalue weighted by Crippen LogP contribution is 2.40. The predicted molar refractivity (Wildman–Crippen MR) is 93.8 cm³/mol. The van der Waals surface area contributed by atoms with Gasteiger partial charge in [0.05, 0.1) is 2.74 Å². The highest BCUT2D eigenvalue weighted by Gasteiger charge is 2.26. The second kappa shape index (κ2) is 7.98. The Bertz CT molecular complexity index is 747. The first-order valence-corrected chi connectivity index (χ1v) is 7.46. The van der Waals surface area contributed by atoms with Crippen LogP contribution in [0, 0.1) is 5.41 Å². The fourth-order valence-electron chi connectivity index (χ4n) is 2.68. The number of carboxylic acid groups (broad SMARTS) is 1. The van der Waals surface area contributed by atoms with E-state index in [1.807, 2.05) is 13.0 Å². The molecule has 0 spiro atoms. The Hall–Kier alpha value is -1.83. The van der Waals surface area contributed by atoms with Gasteiger partial charge in [-0.25, -0.2) is 4.79 Å². The van der Waals surface area contributed by atoms with Gasteiger partial charge in [-0.3, -0.25) is 0 Å². The van der Waals surface area contributed by atoms with Crippen LogP contribution >= 0.6 is 0 Å². The molecule has 2 nitrogen and oxygen atoms in total. The van der Waals surface area contributed by atoms with E-state index in [9.17, 15) is 4.79 Å². The van der Waals surface area contributed by atoms with Gasteiger partial charge in [0.15, 0.2) is 0 Å². The minimum absolute atomic E-state index is 0.105. The van der Waals surface area contributed by atoms with E-state index in [1.165, 1.54) is 23.6 Å². The van der Waals surface area contributed by atoms with E-state index in [-0.39, 0.29) is 5.41 Å². The molecule has 0 aromatic heterocycles. The average molecular weight is 305 g/mol. The van der Waals surface area contributed by atoms with Crippen LogP contribution in [0.1, 0.15) is 60.7 Å². The molecule has 1 aliphatic carbocycles. The number of carbonyl (C=O) groups is 1. The van der Waals surface area contributed by atoms with Crippen LogP contribution in [0.5, 0.6) is 0 Å². The Morgan fingerprint density at radius 3 is 2.73 bits per heavy atom. The third kappa shape index (κ3) is 5.88. The molecule has 0 aromatic rings. The number of hydrogen-bond donors (Lipinski definition) is 1. The van der Waals surface area contributed by atoms with Crippen molar-refractivity contribution in [2.24, 2.45) is 5.41 Å². The SMILES string of the molecule is [2H]C(=CC=C(C)C=CC1=C(C)CCCC1(C)C)C(=C([2H])C(=O)O)C([2H])([2H])[2H]. The summed E-state index contributed by atoms with van der Waals surface area (Å²) in [6, 6.07) is -1.58. The van der Waals surface area contributed by atoms with Crippen LogP contribution in [0.25, 0.3) is 0 Å². The molecule has 1 rings (SSSR count). The number of allylic oxidation sites excluding steroid dienone is 9. The molecule has 0 saturated heterocycles. The van der Waals surface area contributed by atoms with Gasteiger partial charge in [0, 0.05) is 10.2 Å². The zero-order valence-corrected chi connectivity index (χ0v) is 13.8. The first-order chi connectivity index (χ1) is 12.3. The van der Waals surface area contributed by atoms with Crippen molar-refractivity contribution in [3.63, 3.8) is 0 Å². The molecule has 0 fully saturated rings. The molecular formula is C20H28O2. The Balaban J connectivity index is 3.16. The molecule has 0 heterocycles. The summed E-state index contributed by atoms with van der Waals surface area (Å²) in [7, 11) is 0. The summed E-state index contributed by atoms with van der Waals surface area (Å²) >= 11 is 0. The second-order valence-corrected chi connectivity index (χ2v) is 6.29. The van der Waals surface area contributed by atoms with E-state index in [2.05, 4.69) is 26.8 Å². The minimum atomic E-state index is -2.84. The Morgan fingerprint density at radius 1 is 1.41 bits per heavy atom. The monoisotopic (exact) mass is 305 g/mol. The van der Waals surface area contributed by atoms with Crippen molar-refractivity contribution in [1.82, 2.24) is 0 Å². The maximum atomic E-state index is 11.0. The maximum Gasteiger partial charge on any atom is 0.328 e. The lowest BCUT2D eigenvalue weighted by Crippen LogP contribution is -2.19. The van der Waals surface area contributed by atoms with Gasteiger partial charge >= 0.3 is 5.97 Å². The van der Waals surface area contributed by atoms with Crippen molar-refractivity contribution in [3.8, 4) is 0 Å². The average Bonchev–Trinajstić information content (AvgIpc) is 2.50. The normalized spacial score (nSPS) is 25.0. The van der Waals surface area contributed by atoms with E-state index >= 15 is 0 Å². The van der Waals surface area contributed by atoms with Crippen LogP contribution in [0.3, 0.4) is 0 Å². The largest absolute Gasteiger partial charge is 0.478 e. The topological polar surface area (TPSA) is 37.3 Å². The lowest BCUT2D eigenvalue weighted by molar-refractivity contribution is -0.131. The highest BCUT2D eigenvalue weighted by molar-refractivity contribution is 5.81. The van der Waals surface area contributed by atoms with Gasteiger partial charge in [-0.15, -0.1) is 0 Å². The highest BCUT2D eigenvalue weighted by atomic mass is 16.4. The molecule has 1 N–H and O–H groups in total. The zero-order valence-electron chi connectivity index (χ0n) is 18.8. The van der Waals surface area contributed by atoms with E-state index in [0.717, 1.165) is 18.4 Å². The summed E-state index contributed by atoms with van der Waals surface area (Å²) in [4.78, 5) is 11.0. The summed E-state index contributed by atoms with van der Waals surface area (Å²) in [6.07, 6.45) is 10.1. The van der Waals surface area contributed by atoms with Crippen LogP contribution in [-0.2, 0) is 4.79 Å². The molecule has 1 aliphatic rings. The van der Waals surface area contributed by atoms with E-state index in [0.29, 0.717) is 0 Å². The number of carboxylic acids is 1. The van der Waals surface area contributed by atoms with Crippen LogP contribution in [0.2, 0.25) is 0 Å². The molecule has 0 radical (unpaired) electrons. The van der Waals surface area contributed by atoms with Gasteiger partial charge < -0.3 is 5.11 Å². The number of aliphatic carboxylic acids is 1. The summed E-state index contributed by atoms with van der Waals surface area (Å²) in [5.41, 5.74) is 2.79. The van der Waals surface area contributed by atoms with Crippen LogP contribution < -0.4 is 0 Å². The van der Waals surface area contributed by atoms with Crippen LogP contribution in [0.15, 0.2) is 58.7 Å². The van der Waals surface area contributed by atoms with Crippen LogP contribution in [0.4, 0.5) is 0 Å². The van der Waals surface area contributed by atoms with Gasteiger partial charge in [-0.05, 0) is 56.5 Å². The smallest absolute Gasteiger partial charge is 0.328 e. The number of hydrogen-bond acceptors (Lipinski definition) is 1. The Morgan fingerprint density at radius 2 is 2.14 bits per heavy atom. The Labute approximate surface area is 141 Å². The minimum Gasteiger partial charge on any atom is -0.478 e. The fraction of sp³-hybridized carbons (Fsp3) is 0.450. The fourth-order valence-corrected chi connectivity index (χ4v) is 2.68. The lowest BCUT2D eigenvalue weighted by Gasteiger charge is -2.32. The van der Waals surface area contributed by atoms with E-state index < -0.39 is 30.5 Å². The molecular weight excluding hydrogens is 272 g/mol. The first-order valence-electron chi connectivity index (χ1n) is 9.96. The molecule has 22 heavy (non-hydrogen) atoms. The van der Waals surface area contributed by atoms with Gasteiger partial charge in [0.25, 0.3) is 0 Å². The molecule has 0 aromatic carbocycles. The predicted octanol–water partition coefficient (Wildman–Crippen LogP) is 5.60. The summed E-state index contributed by atoms with van der Waals surface area (Å²) in [5.74, 6) is -1.66. The summed E-state index contributed by atoms with van der Waals surface area (Å²) < 4.78 is 37.6. The maximum absolute atomic E-state index is 11.0. The molecule has 0 unspecified atom stereocenters. The molecule has 0 atom stereocenters. The van der Waals surface area contributed by atoms with E-state index in [1.54, 1.807) is 6.08 Å². The second-order valence-electron chi connectivity index (χ2n) is 6.29. The zero-order chi connectivity index (χ0) is 21.0. The standard InChI is InChI=1S/C20H28O2/c1-15(8-6-9-16(2)14-19(21)22)11-12-18-17(3)10-7-13-20(18,4)5/h6,8-9,11-12,14H,7,10,13H2,1-5H3,(H,21,22)/i2D3,9D,14D. The van der Waals surface area contributed by atoms with Crippen LogP contribution in [-0.4, -0.2) is 11.1 Å².